The first kappa shape index (κ1) is 13.3. The Hall–Kier alpha value is -0.120. The molecule has 0 aromatic heterocycles. The van der Waals surface area contributed by atoms with E-state index in [0.717, 1.165) is 5.92 Å². The molecule has 2 fully saturated rings. The third kappa shape index (κ3) is 4.23. The molecule has 0 bridgehead atoms. The lowest BCUT2D eigenvalue weighted by Gasteiger charge is -2.35. The molecule has 0 saturated carbocycles. The van der Waals surface area contributed by atoms with E-state index in [9.17, 15) is 0 Å². The monoisotopic (exact) mass is 239 g/mol. The fourth-order valence-electron chi connectivity index (χ4n) is 3.31. The van der Waals surface area contributed by atoms with E-state index in [1.54, 1.807) is 0 Å². The van der Waals surface area contributed by atoms with E-state index in [1.807, 2.05) is 0 Å². The zero-order chi connectivity index (χ0) is 12.1. The van der Waals surface area contributed by atoms with Crippen LogP contribution in [-0.4, -0.2) is 61.7 Å². The number of piperidine rings is 1. The normalized spacial score (nSPS) is 33.5. The zero-order valence-electron chi connectivity index (χ0n) is 11.6. The summed E-state index contributed by atoms with van der Waals surface area (Å²) in [5.41, 5.74) is 0. The zero-order valence-corrected chi connectivity index (χ0v) is 11.6. The maximum Gasteiger partial charge on any atom is 0.0166 e. The van der Waals surface area contributed by atoms with E-state index in [4.69, 9.17) is 0 Å². The van der Waals surface area contributed by atoms with Gasteiger partial charge in [-0.3, -0.25) is 0 Å². The summed E-state index contributed by atoms with van der Waals surface area (Å²) in [6.45, 7) is 13.5. The van der Waals surface area contributed by atoms with E-state index in [0.29, 0.717) is 6.04 Å². The maximum atomic E-state index is 3.58. The van der Waals surface area contributed by atoms with Crippen LogP contribution >= 0.6 is 0 Å². The number of likely N-dealkylation sites (tertiary alicyclic amines) is 1. The van der Waals surface area contributed by atoms with Crippen LogP contribution in [0.5, 0.6) is 0 Å². The van der Waals surface area contributed by atoms with Gasteiger partial charge in [0.2, 0.25) is 0 Å². The van der Waals surface area contributed by atoms with Crippen molar-refractivity contribution in [3.05, 3.63) is 0 Å². The fourth-order valence-corrected chi connectivity index (χ4v) is 3.31. The van der Waals surface area contributed by atoms with Crippen molar-refractivity contribution in [2.45, 2.75) is 39.2 Å². The molecule has 2 rings (SSSR count). The molecule has 2 aliphatic heterocycles. The second kappa shape index (κ2) is 6.72. The Balaban J connectivity index is 1.78. The van der Waals surface area contributed by atoms with Crippen molar-refractivity contribution in [3.63, 3.8) is 0 Å². The van der Waals surface area contributed by atoms with Gasteiger partial charge >= 0.3 is 0 Å². The van der Waals surface area contributed by atoms with Crippen LogP contribution in [0.2, 0.25) is 0 Å². The van der Waals surface area contributed by atoms with Crippen LogP contribution in [0.1, 0.15) is 33.1 Å². The van der Waals surface area contributed by atoms with Crippen LogP contribution < -0.4 is 5.32 Å². The van der Waals surface area contributed by atoms with Crippen LogP contribution in [0.4, 0.5) is 0 Å². The van der Waals surface area contributed by atoms with Gasteiger partial charge < -0.3 is 15.1 Å². The molecule has 0 spiro atoms. The van der Waals surface area contributed by atoms with Crippen LogP contribution in [-0.2, 0) is 0 Å². The fraction of sp³-hybridized carbons (Fsp3) is 1.00. The predicted molar refractivity (Wildman–Crippen MR) is 73.4 cm³/mol. The lowest BCUT2D eigenvalue weighted by molar-refractivity contribution is 0.137. The second-order valence-corrected chi connectivity index (χ2v) is 5.87. The molecule has 17 heavy (non-hydrogen) atoms. The van der Waals surface area contributed by atoms with Crippen molar-refractivity contribution in [1.82, 2.24) is 15.1 Å². The molecule has 0 aromatic carbocycles. The van der Waals surface area contributed by atoms with E-state index in [1.165, 1.54) is 65.1 Å². The van der Waals surface area contributed by atoms with Crippen LogP contribution in [0.15, 0.2) is 0 Å². The van der Waals surface area contributed by atoms with Gasteiger partial charge in [0.25, 0.3) is 0 Å². The second-order valence-electron chi connectivity index (χ2n) is 5.87. The Morgan fingerprint density at radius 2 is 1.94 bits per heavy atom. The lowest BCUT2D eigenvalue weighted by Crippen LogP contribution is -2.43. The quantitative estimate of drug-likeness (QED) is 0.803. The molecule has 0 aromatic rings. The summed E-state index contributed by atoms with van der Waals surface area (Å²) in [5, 5.41) is 3.58. The summed E-state index contributed by atoms with van der Waals surface area (Å²) in [7, 11) is 0. The number of hydrogen-bond acceptors (Lipinski definition) is 3. The largest absolute Gasteiger partial charge is 0.313 e. The summed E-state index contributed by atoms with van der Waals surface area (Å²) in [4.78, 5) is 5.31. The molecule has 0 radical (unpaired) electrons. The number of nitrogens with zero attached hydrogens (tertiary/aromatic N) is 2. The van der Waals surface area contributed by atoms with Crippen LogP contribution in [0.3, 0.4) is 0 Å². The Labute approximate surface area is 107 Å². The molecule has 0 amide bonds. The molecule has 2 unspecified atom stereocenters. The van der Waals surface area contributed by atoms with Gasteiger partial charge in [-0.05, 0) is 58.3 Å². The Morgan fingerprint density at radius 1 is 1.12 bits per heavy atom. The first-order valence-corrected chi connectivity index (χ1v) is 7.46. The van der Waals surface area contributed by atoms with Gasteiger partial charge in [-0.2, -0.15) is 0 Å². The van der Waals surface area contributed by atoms with Gasteiger partial charge in [-0.25, -0.2) is 0 Å². The minimum Gasteiger partial charge on any atom is -0.313 e. The highest BCUT2D eigenvalue weighted by Gasteiger charge is 2.22. The lowest BCUT2D eigenvalue weighted by atomic mass is 9.97. The van der Waals surface area contributed by atoms with Crippen molar-refractivity contribution >= 4 is 0 Å². The molecule has 1 N–H and O–H groups in total. The molecular weight excluding hydrogens is 210 g/mol. The summed E-state index contributed by atoms with van der Waals surface area (Å²) in [6, 6.07) is 0.670. The topological polar surface area (TPSA) is 18.5 Å². The summed E-state index contributed by atoms with van der Waals surface area (Å²) in [5.74, 6) is 0.911. The van der Waals surface area contributed by atoms with Gasteiger partial charge in [0.05, 0.1) is 0 Å². The van der Waals surface area contributed by atoms with Crippen LogP contribution in [0.25, 0.3) is 0 Å². The Morgan fingerprint density at radius 3 is 2.76 bits per heavy atom. The van der Waals surface area contributed by atoms with Crippen molar-refractivity contribution in [2.75, 3.05) is 45.8 Å². The smallest absolute Gasteiger partial charge is 0.0166 e. The SMILES string of the molecule is CCN1CCCC(CN2CCCNC(C)C2)C1. The molecule has 3 heteroatoms. The average molecular weight is 239 g/mol. The first-order chi connectivity index (χ1) is 8.28. The maximum absolute atomic E-state index is 3.58. The van der Waals surface area contributed by atoms with Crippen LogP contribution in [0, 0.1) is 5.92 Å². The Bertz CT molecular complexity index is 220. The van der Waals surface area contributed by atoms with Crippen molar-refractivity contribution in [2.24, 2.45) is 5.92 Å². The average Bonchev–Trinajstić information content (AvgIpc) is 2.54. The molecule has 2 heterocycles. The first-order valence-electron chi connectivity index (χ1n) is 7.46. The van der Waals surface area contributed by atoms with Gasteiger partial charge in [-0.1, -0.05) is 6.92 Å². The van der Waals surface area contributed by atoms with E-state index in [2.05, 4.69) is 29.0 Å². The third-order valence-electron chi connectivity index (χ3n) is 4.24. The third-order valence-corrected chi connectivity index (χ3v) is 4.24. The van der Waals surface area contributed by atoms with E-state index in [-0.39, 0.29) is 0 Å². The Kier molecular flexibility index (Phi) is 5.26. The van der Waals surface area contributed by atoms with Crippen molar-refractivity contribution in [3.8, 4) is 0 Å². The number of rotatable bonds is 3. The highest BCUT2D eigenvalue weighted by atomic mass is 15.2. The summed E-state index contributed by atoms with van der Waals surface area (Å²) in [6.07, 6.45) is 4.16. The minimum absolute atomic E-state index is 0.670. The van der Waals surface area contributed by atoms with Crippen molar-refractivity contribution in [1.29, 1.82) is 0 Å². The van der Waals surface area contributed by atoms with Gasteiger partial charge in [0.15, 0.2) is 0 Å². The number of nitrogens with one attached hydrogen (secondary N) is 1. The molecule has 3 nitrogen and oxygen atoms in total. The summed E-state index contributed by atoms with van der Waals surface area (Å²) < 4.78 is 0. The molecule has 2 aliphatic rings. The predicted octanol–water partition coefficient (Wildman–Crippen LogP) is 1.40. The van der Waals surface area contributed by atoms with E-state index < -0.39 is 0 Å². The van der Waals surface area contributed by atoms with Gasteiger partial charge in [0, 0.05) is 25.7 Å². The molecule has 100 valence electrons. The minimum atomic E-state index is 0.670. The molecule has 0 aliphatic carbocycles. The molecule has 2 saturated heterocycles. The number of hydrogen-bond donors (Lipinski definition) is 1. The highest BCUT2D eigenvalue weighted by Crippen LogP contribution is 2.18. The van der Waals surface area contributed by atoms with E-state index >= 15 is 0 Å². The van der Waals surface area contributed by atoms with Gasteiger partial charge in [-0.15, -0.1) is 0 Å². The highest BCUT2D eigenvalue weighted by molar-refractivity contribution is 4.79. The molecular formula is C14H29N3. The summed E-state index contributed by atoms with van der Waals surface area (Å²) >= 11 is 0. The standard InChI is InChI=1S/C14H29N3/c1-3-16-8-4-6-14(11-16)12-17-9-5-7-15-13(2)10-17/h13-15H,3-12H2,1-2H3. The molecule has 2 atom stereocenters. The van der Waals surface area contributed by atoms with Crippen molar-refractivity contribution < 1.29 is 0 Å². The van der Waals surface area contributed by atoms with Gasteiger partial charge in [0.1, 0.15) is 0 Å².